The first-order valence-electron chi connectivity index (χ1n) is 4.71. The highest BCUT2D eigenvalue weighted by molar-refractivity contribution is 14.1. The number of carbonyl (C=O) groups excluding carboxylic acids is 1. The van der Waals surface area contributed by atoms with Gasteiger partial charge in [-0.15, -0.1) is 0 Å². The monoisotopic (exact) mass is 334 g/mol. The van der Waals surface area contributed by atoms with Crippen molar-refractivity contribution in [1.29, 1.82) is 0 Å². The fraction of sp³-hybridized carbons (Fsp3) is 0.273. The first kappa shape index (κ1) is 13.1. The van der Waals surface area contributed by atoms with Gasteiger partial charge in [-0.05, 0) is 34.7 Å². The lowest BCUT2D eigenvalue weighted by Crippen LogP contribution is -2.13. The van der Waals surface area contributed by atoms with Gasteiger partial charge in [-0.1, -0.05) is 13.0 Å². The van der Waals surface area contributed by atoms with Gasteiger partial charge < -0.3 is 10.2 Å². The van der Waals surface area contributed by atoms with Gasteiger partial charge in [0.2, 0.25) is 0 Å². The number of aliphatic hydroxyl groups excluding tert-OH is 1. The van der Waals surface area contributed by atoms with Crippen molar-refractivity contribution < 1.29 is 19.8 Å². The molecule has 0 aromatic heterocycles. The number of aliphatic carboxylic acids is 1. The third-order valence-electron chi connectivity index (χ3n) is 2.17. The molecule has 1 rings (SSSR count). The SMILES string of the molecule is CCC(=O)c1ccc(I)c(C(O)C(=O)O)c1. The molecule has 4 nitrogen and oxygen atoms in total. The van der Waals surface area contributed by atoms with Crippen LogP contribution in [0, 0.1) is 3.57 Å². The topological polar surface area (TPSA) is 74.6 Å². The van der Waals surface area contributed by atoms with Gasteiger partial charge in [0.1, 0.15) is 0 Å². The van der Waals surface area contributed by atoms with Crippen LogP contribution < -0.4 is 0 Å². The second-order valence-corrected chi connectivity index (χ2v) is 4.42. The van der Waals surface area contributed by atoms with E-state index in [-0.39, 0.29) is 11.3 Å². The summed E-state index contributed by atoms with van der Waals surface area (Å²) in [7, 11) is 0. The Morgan fingerprint density at radius 1 is 1.44 bits per heavy atom. The Hall–Kier alpha value is -0.950. The van der Waals surface area contributed by atoms with Crippen LogP contribution >= 0.6 is 22.6 Å². The number of aliphatic hydroxyl groups is 1. The van der Waals surface area contributed by atoms with Gasteiger partial charge in [0.25, 0.3) is 0 Å². The van der Waals surface area contributed by atoms with E-state index in [1.54, 1.807) is 19.1 Å². The summed E-state index contributed by atoms with van der Waals surface area (Å²) >= 11 is 1.93. The Bertz CT molecular complexity index is 428. The van der Waals surface area contributed by atoms with E-state index in [0.29, 0.717) is 15.6 Å². The molecular formula is C11H11IO4. The predicted octanol–water partition coefficient (Wildman–Crippen LogP) is 2.00. The molecule has 1 aromatic carbocycles. The summed E-state index contributed by atoms with van der Waals surface area (Å²) in [6.07, 6.45) is -1.24. The van der Waals surface area contributed by atoms with Crippen LogP contribution in [0.15, 0.2) is 18.2 Å². The predicted molar refractivity (Wildman–Crippen MR) is 66.4 cm³/mol. The Balaban J connectivity index is 3.18. The number of ketones is 1. The summed E-state index contributed by atoms with van der Waals surface area (Å²) in [6, 6.07) is 4.70. The van der Waals surface area contributed by atoms with Gasteiger partial charge in [-0.2, -0.15) is 0 Å². The van der Waals surface area contributed by atoms with E-state index in [4.69, 9.17) is 5.11 Å². The molecule has 0 fully saturated rings. The van der Waals surface area contributed by atoms with E-state index in [9.17, 15) is 14.7 Å². The van der Waals surface area contributed by atoms with E-state index in [0.717, 1.165) is 0 Å². The zero-order valence-corrected chi connectivity index (χ0v) is 10.8. The molecule has 0 heterocycles. The van der Waals surface area contributed by atoms with Crippen molar-refractivity contribution in [2.75, 3.05) is 0 Å². The largest absolute Gasteiger partial charge is 0.479 e. The molecule has 0 saturated carbocycles. The molecule has 1 unspecified atom stereocenters. The lowest BCUT2D eigenvalue weighted by atomic mass is 10.0. The molecule has 0 aliphatic heterocycles. The first-order chi connectivity index (χ1) is 7.47. The maximum atomic E-state index is 11.4. The van der Waals surface area contributed by atoms with Crippen LogP contribution in [0.25, 0.3) is 0 Å². The van der Waals surface area contributed by atoms with E-state index >= 15 is 0 Å². The number of carbonyl (C=O) groups is 2. The Kier molecular flexibility index (Phi) is 4.43. The minimum Gasteiger partial charge on any atom is -0.479 e. The Morgan fingerprint density at radius 3 is 2.56 bits per heavy atom. The summed E-state index contributed by atoms with van der Waals surface area (Å²) in [5.74, 6) is -1.39. The number of benzene rings is 1. The molecule has 0 amide bonds. The quantitative estimate of drug-likeness (QED) is 0.652. The van der Waals surface area contributed by atoms with E-state index < -0.39 is 12.1 Å². The van der Waals surface area contributed by atoms with Gasteiger partial charge in [0.05, 0.1) is 0 Å². The van der Waals surface area contributed by atoms with Crippen molar-refractivity contribution in [2.45, 2.75) is 19.4 Å². The molecule has 0 saturated heterocycles. The third-order valence-corrected chi connectivity index (χ3v) is 3.15. The highest BCUT2D eigenvalue weighted by Crippen LogP contribution is 2.22. The van der Waals surface area contributed by atoms with Crippen LogP contribution in [-0.4, -0.2) is 22.0 Å². The molecule has 86 valence electrons. The van der Waals surface area contributed by atoms with Gasteiger partial charge >= 0.3 is 5.97 Å². The molecule has 5 heteroatoms. The number of carboxylic acid groups (broad SMARTS) is 1. The Labute approximate surface area is 106 Å². The van der Waals surface area contributed by atoms with Crippen molar-refractivity contribution in [3.8, 4) is 0 Å². The van der Waals surface area contributed by atoms with Gasteiger partial charge in [-0.25, -0.2) is 4.79 Å². The number of rotatable bonds is 4. The van der Waals surface area contributed by atoms with E-state index in [2.05, 4.69) is 0 Å². The van der Waals surface area contributed by atoms with Crippen molar-refractivity contribution in [3.05, 3.63) is 32.9 Å². The number of Topliss-reactive ketones (excluding diaryl/α,β-unsaturated/α-hetero) is 1. The minimum atomic E-state index is -1.59. The van der Waals surface area contributed by atoms with Crippen LogP contribution in [0.2, 0.25) is 0 Å². The summed E-state index contributed by atoms with van der Waals surface area (Å²) in [5.41, 5.74) is 0.686. The molecule has 0 spiro atoms. The first-order valence-corrected chi connectivity index (χ1v) is 5.78. The lowest BCUT2D eigenvalue weighted by molar-refractivity contribution is -0.147. The summed E-state index contributed by atoms with van der Waals surface area (Å²) in [5, 5.41) is 18.2. The van der Waals surface area contributed by atoms with Crippen molar-refractivity contribution in [1.82, 2.24) is 0 Å². The summed E-state index contributed by atoms with van der Waals surface area (Å²) in [6.45, 7) is 1.73. The van der Waals surface area contributed by atoms with Crippen molar-refractivity contribution in [2.24, 2.45) is 0 Å². The fourth-order valence-electron chi connectivity index (χ4n) is 1.26. The van der Waals surface area contributed by atoms with Crippen molar-refractivity contribution in [3.63, 3.8) is 0 Å². The average molecular weight is 334 g/mol. The maximum absolute atomic E-state index is 11.4. The molecule has 0 aliphatic carbocycles. The molecular weight excluding hydrogens is 323 g/mol. The number of hydrogen-bond acceptors (Lipinski definition) is 3. The standard InChI is InChI=1S/C11H11IO4/c1-2-9(13)6-3-4-8(12)7(5-6)10(14)11(15)16/h3-5,10,14H,2H2,1H3,(H,15,16). The van der Waals surface area contributed by atoms with Crippen LogP contribution in [-0.2, 0) is 4.79 Å². The van der Waals surface area contributed by atoms with Gasteiger partial charge in [-0.3, -0.25) is 4.79 Å². The summed E-state index contributed by atoms with van der Waals surface area (Å²) in [4.78, 5) is 22.1. The number of halogens is 1. The van der Waals surface area contributed by atoms with Crippen molar-refractivity contribution >= 4 is 34.3 Å². The second-order valence-electron chi connectivity index (χ2n) is 3.25. The number of carboxylic acids is 1. The smallest absolute Gasteiger partial charge is 0.337 e. The molecule has 0 bridgehead atoms. The van der Waals surface area contributed by atoms with E-state index in [1.807, 2.05) is 22.6 Å². The average Bonchev–Trinajstić information content (AvgIpc) is 2.27. The second kappa shape index (κ2) is 5.40. The normalized spacial score (nSPS) is 12.2. The van der Waals surface area contributed by atoms with Crippen LogP contribution in [0.1, 0.15) is 35.4 Å². The molecule has 0 aliphatic rings. The van der Waals surface area contributed by atoms with Gasteiger partial charge in [0, 0.05) is 21.1 Å². The number of hydrogen-bond donors (Lipinski definition) is 2. The zero-order valence-electron chi connectivity index (χ0n) is 8.61. The van der Waals surface area contributed by atoms with Crippen LogP contribution in [0.3, 0.4) is 0 Å². The highest BCUT2D eigenvalue weighted by atomic mass is 127. The fourth-order valence-corrected chi connectivity index (χ4v) is 1.89. The highest BCUT2D eigenvalue weighted by Gasteiger charge is 2.20. The maximum Gasteiger partial charge on any atom is 0.337 e. The Morgan fingerprint density at radius 2 is 2.06 bits per heavy atom. The van der Waals surface area contributed by atoms with E-state index in [1.165, 1.54) is 6.07 Å². The van der Waals surface area contributed by atoms with Crippen LogP contribution in [0.4, 0.5) is 0 Å². The third kappa shape index (κ3) is 2.79. The zero-order chi connectivity index (χ0) is 12.3. The van der Waals surface area contributed by atoms with Crippen LogP contribution in [0.5, 0.6) is 0 Å². The summed E-state index contributed by atoms with van der Waals surface area (Å²) < 4.78 is 0.625. The molecule has 2 N–H and O–H groups in total. The molecule has 16 heavy (non-hydrogen) atoms. The molecule has 1 atom stereocenters. The minimum absolute atomic E-state index is 0.0739. The molecule has 0 radical (unpaired) electrons. The van der Waals surface area contributed by atoms with Gasteiger partial charge in [0.15, 0.2) is 11.9 Å². The lowest BCUT2D eigenvalue weighted by Gasteiger charge is -2.09. The molecule has 1 aromatic rings.